The number of hydrogen-bond donors (Lipinski definition) is 0. The lowest BCUT2D eigenvalue weighted by Gasteiger charge is -2.40. The molecule has 2 aliphatic rings. The Kier molecular flexibility index (Phi) is 7.67. The molecule has 0 unspecified atom stereocenters. The van der Waals surface area contributed by atoms with Crippen LogP contribution in [0.25, 0.3) is 0 Å². The van der Waals surface area contributed by atoms with E-state index in [0.717, 1.165) is 39.0 Å². The van der Waals surface area contributed by atoms with Crippen molar-refractivity contribution in [1.82, 2.24) is 9.80 Å². The molecule has 4 nitrogen and oxygen atoms in total. The van der Waals surface area contributed by atoms with E-state index < -0.39 is 0 Å². The van der Waals surface area contributed by atoms with Crippen LogP contribution in [0.4, 0.5) is 0 Å². The van der Waals surface area contributed by atoms with E-state index in [1.54, 1.807) is 7.11 Å². The standard InChI is InChI=1S/C18H34N2O2/c1-16(9-8-14-22-2)18(21)20-13-7-10-17(15-20)19-11-5-3-4-6-12-19/h16-17H,3-15H2,1-2H3/t16-,17-/m1/s1. The monoisotopic (exact) mass is 310 g/mol. The van der Waals surface area contributed by atoms with Crippen LogP contribution in [0.5, 0.6) is 0 Å². The molecule has 2 rings (SSSR count). The molecule has 2 heterocycles. The molecule has 128 valence electrons. The van der Waals surface area contributed by atoms with Crippen LogP contribution < -0.4 is 0 Å². The van der Waals surface area contributed by atoms with Crippen LogP contribution in [-0.2, 0) is 9.53 Å². The third-order valence-electron chi connectivity index (χ3n) is 5.27. The summed E-state index contributed by atoms with van der Waals surface area (Å²) in [5.41, 5.74) is 0. The molecule has 0 aromatic heterocycles. The highest BCUT2D eigenvalue weighted by Gasteiger charge is 2.29. The van der Waals surface area contributed by atoms with Crippen molar-refractivity contribution in [3.8, 4) is 0 Å². The van der Waals surface area contributed by atoms with E-state index in [2.05, 4.69) is 16.7 Å². The lowest BCUT2D eigenvalue weighted by molar-refractivity contribution is -0.137. The fraction of sp³-hybridized carbons (Fsp3) is 0.944. The summed E-state index contributed by atoms with van der Waals surface area (Å²) in [7, 11) is 1.73. The number of hydrogen-bond acceptors (Lipinski definition) is 3. The third kappa shape index (κ3) is 5.24. The molecule has 0 N–H and O–H groups in total. The smallest absolute Gasteiger partial charge is 0.225 e. The van der Waals surface area contributed by atoms with Crippen molar-refractivity contribution in [1.29, 1.82) is 0 Å². The van der Waals surface area contributed by atoms with Crippen LogP contribution in [0.1, 0.15) is 58.3 Å². The molecule has 1 amide bonds. The fourth-order valence-corrected chi connectivity index (χ4v) is 3.88. The van der Waals surface area contributed by atoms with Gasteiger partial charge in [-0.2, -0.15) is 0 Å². The van der Waals surface area contributed by atoms with E-state index >= 15 is 0 Å². The van der Waals surface area contributed by atoms with E-state index in [9.17, 15) is 4.79 Å². The molecule has 0 bridgehead atoms. The Labute approximate surface area is 136 Å². The molecule has 0 radical (unpaired) electrons. The molecular formula is C18H34N2O2. The van der Waals surface area contributed by atoms with Gasteiger partial charge in [0.05, 0.1) is 0 Å². The molecule has 2 saturated heterocycles. The SMILES string of the molecule is COCCC[C@@H](C)C(=O)N1CCC[C@@H](N2CCCCCC2)C1. The maximum absolute atomic E-state index is 12.7. The second-order valence-electron chi connectivity index (χ2n) is 7.07. The molecular weight excluding hydrogens is 276 g/mol. The molecule has 0 aliphatic carbocycles. The molecule has 0 aromatic rings. The van der Waals surface area contributed by atoms with Gasteiger partial charge in [-0.1, -0.05) is 19.8 Å². The Bertz CT molecular complexity index is 327. The summed E-state index contributed by atoms with van der Waals surface area (Å²) < 4.78 is 5.09. The number of methoxy groups -OCH3 is 1. The van der Waals surface area contributed by atoms with Crippen molar-refractivity contribution in [2.75, 3.05) is 39.9 Å². The van der Waals surface area contributed by atoms with Crippen LogP contribution in [0.15, 0.2) is 0 Å². The lowest BCUT2D eigenvalue weighted by atomic mass is 9.99. The predicted molar refractivity (Wildman–Crippen MR) is 89.9 cm³/mol. The Morgan fingerprint density at radius 3 is 2.55 bits per heavy atom. The summed E-state index contributed by atoms with van der Waals surface area (Å²) in [6, 6.07) is 0.599. The average molecular weight is 310 g/mol. The quantitative estimate of drug-likeness (QED) is 0.707. The van der Waals surface area contributed by atoms with Gasteiger partial charge in [-0.05, 0) is 51.6 Å². The normalized spacial score (nSPS) is 25.7. The zero-order valence-corrected chi connectivity index (χ0v) is 14.6. The minimum absolute atomic E-state index is 0.137. The second kappa shape index (κ2) is 9.51. The van der Waals surface area contributed by atoms with Gasteiger partial charge in [0.15, 0.2) is 0 Å². The zero-order valence-electron chi connectivity index (χ0n) is 14.6. The summed E-state index contributed by atoms with van der Waals surface area (Å²) in [5.74, 6) is 0.494. The molecule has 4 heteroatoms. The van der Waals surface area contributed by atoms with E-state index in [-0.39, 0.29) is 5.92 Å². The first-order chi connectivity index (χ1) is 10.7. The predicted octanol–water partition coefficient (Wildman–Crippen LogP) is 2.92. The molecule has 2 atom stereocenters. The van der Waals surface area contributed by atoms with Gasteiger partial charge in [-0.25, -0.2) is 0 Å². The number of rotatable bonds is 6. The Hall–Kier alpha value is -0.610. The van der Waals surface area contributed by atoms with Gasteiger partial charge in [0, 0.05) is 38.8 Å². The number of carbonyl (C=O) groups excluding carboxylic acids is 1. The van der Waals surface area contributed by atoms with Crippen LogP contribution in [0.3, 0.4) is 0 Å². The van der Waals surface area contributed by atoms with Gasteiger partial charge < -0.3 is 9.64 Å². The average Bonchev–Trinajstić information content (AvgIpc) is 2.83. The lowest BCUT2D eigenvalue weighted by Crippen LogP contribution is -2.51. The second-order valence-corrected chi connectivity index (χ2v) is 7.07. The summed E-state index contributed by atoms with van der Waals surface area (Å²) in [6.45, 7) is 7.21. The van der Waals surface area contributed by atoms with Gasteiger partial charge in [0.2, 0.25) is 5.91 Å². The van der Waals surface area contributed by atoms with Gasteiger partial charge in [0.1, 0.15) is 0 Å². The third-order valence-corrected chi connectivity index (χ3v) is 5.27. The maximum atomic E-state index is 12.7. The van der Waals surface area contributed by atoms with Gasteiger partial charge >= 0.3 is 0 Å². The zero-order chi connectivity index (χ0) is 15.8. The van der Waals surface area contributed by atoms with Crippen molar-refractivity contribution < 1.29 is 9.53 Å². The first kappa shape index (κ1) is 17.7. The number of carbonyl (C=O) groups is 1. The summed E-state index contributed by atoms with van der Waals surface area (Å²) in [6.07, 6.45) is 9.77. The Morgan fingerprint density at radius 2 is 1.86 bits per heavy atom. The van der Waals surface area contributed by atoms with E-state index in [1.165, 1.54) is 45.2 Å². The van der Waals surface area contributed by atoms with Crippen LogP contribution in [0.2, 0.25) is 0 Å². The van der Waals surface area contributed by atoms with Crippen LogP contribution in [-0.4, -0.2) is 61.6 Å². The van der Waals surface area contributed by atoms with Crippen molar-refractivity contribution in [2.24, 2.45) is 5.92 Å². The highest BCUT2D eigenvalue weighted by molar-refractivity contribution is 5.78. The first-order valence-corrected chi connectivity index (χ1v) is 9.24. The summed E-state index contributed by atoms with van der Waals surface area (Å²) in [4.78, 5) is 17.4. The molecule has 22 heavy (non-hydrogen) atoms. The molecule has 0 saturated carbocycles. The Balaban J connectivity index is 1.82. The molecule has 0 aromatic carbocycles. The van der Waals surface area contributed by atoms with Crippen molar-refractivity contribution in [3.63, 3.8) is 0 Å². The summed E-state index contributed by atoms with van der Waals surface area (Å²) in [5, 5.41) is 0. The van der Waals surface area contributed by atoms with Crippen molar-refractivity contribution in [3.05, 3.63) is 0 Å². The van der Waals surface area contributed by atoms with E-state index in [0.29, 0.717) is 11.9 Å². The maximum Gasteiger partial charge on any atom is 0.225 e. The largest absolute Gasteiger partial charge is 0.385 e. The summed E-state index contributed by atoms with van der Waals surface area (Å²) >= 11 is 0. The van der Waals surface area contributed by atoms with Crippen LogP contribution in [0, 0.1) is 5.92 Å². The molecule has 0 spiro atoms. The van der Waals surface area contributed by atoms with Gasteiger partial charge in [-0.15, -0.1) is 0 Å². The minimum atomic E-state index is 0.137. The van der Waals surface area contributed by atoms with Crippen LogP contribution >= 0.6 is 0 Å². The Morgan fingerprint density at radius 1 is 1.14 bits per heavy atom. The number of ether oxygens (including phenoxy) is 1. The van der Waals surface area contributed by atoms with Crippen molar-refractivity contribution in [2.45, 2.75) is 64.3 Å². The fourth-order valence-electron chi connectivity index (χ4n) is 3.88. The number of nitrogens with zero attached hydrogens (tertiary/aromatic N) is 2. The molecule has 2 fully saturated rings. The number of likely N-dealkylation sites (tertiary alicyclic amines) is 2. The molecule has 2 aliphatic heterocycles. The highest BCUT2D eigenvalue weighted by atomic mass is 16.5. The highest BCUT2D eigenvalue weighted by Crippen LogP contribution is 2.22. The minimum Gasteiger partial charge on any atom is -0.385 e. The van der Waals surface area contributed by atoms with E-state index in [1.807, 2.05) is 0 Å². The van der Waals surface area contributed by atoms with Gasteiger partial charge in [-0.3, -0.25) is 9.69 Å². The van der Waals surface area contributed by atoms with E-state index in [4.69, 9.17) is 4.74 Å². The number of piperidine rings is 1. The van der Waals surface area contributed by atoms with Crippen molar-refractivity contribution >= 4 is 5.91 Å². The first-order valence-electron chi connectivity index (χ1n) is 9.24. The number of amides is 1. The topological polar surface area (TPSA) is 32.8 Å². The van der Waals surface area contributed by atoms with Gasteiger partial charge in [0.25, 0.3) is 0 Å².